The predicted octanol–water partition coefficient (Wildman–Crippen LogP) is 5.34. The van der Waals surface area contributed by atoms with Gasteiger partial charge in [-0.2, -0.15) is 0 Å². The van der Waals surface area contributed by atoms with Crippen LogP contribution in [0, 0.1) is 11.8 Å². The lowest BCUT2D eigenvalue weighted by Gasteiger charge is -2.27. The number of rotatable bonds is 4. The second-order valence-corrected chi connectivity index (χ2v) is 5.69. The van der Waals surface area contributed by atoms with E-state index < -0.39 is 6.36 Å². The lowest BCUT2D eigenvalue weighted by Crippen LogP contribution is -2.17. The van der Waals surface area contributed by atoms with Crippen LogP contribution in [0.3, 0.4) is 0 Å². The van der Waals surface area contributed by atoms with Gasteiger partial charge in [-0.05, 0) is 48.8 Å². The molecule has 20 heavy (non-hydrogen) atoms. The van der Waals surface area contributed by atoms with E-state index in [1.54, 1.807) is 12.1 Å². The fourth-order valence-electron chi connectivity index (χ4n) is 3.00. The lowest BCUT2D eigenvalue weighted by atomic mass is 9.78. The van der Waals surface area contributed by atoms with Gasteiger partial charge in [-0.1, -0.05) is 38.3 Å². The molecular weight excluding hydrogens is 265 g/mol. The van der Waals surface area contributed by atoms with Crippen molar-refractivity contribution < 1.29 is 17.9 Å². The van der Waals surface area contributed by atoms with Crippen LogP contribution in [0.5, 0.6) is 5.75 Å². The molecule has 1 saturated carbocycles. The highest BCUT2D eigenvalue weighted by atomic mass is 19.4. The van der Waals surface area contributed by atoms with E-state index in [9.17, 15) is 13.2 Å². The maximum Gasteiger partial charge on any atom is 0.573 e. The van der Waals surface area contributed by atoms with Gasteiger partial charge in [-0.25, -0.2) is 0 Å². The van der Waals surface area contributed by atoms with Crippen molar-refractivity contribution in [1.82, 2.24) is 0 Å². The molecule has 0 aromatic heterocycles. The van der Waals surface area contributed by atoms with Crippen LogP contribution in [-0.4, -0.2) is 6.36 Å². The zero-order valence-corrected chi connectivity index (χ0v) is 11.7. The molecule has 112 valence electrons. The van der Waals surface area contributed by atoms with Gasteiger partial charge in [0.15, 0.2) is 0 Å². The Bertz CT molecular complexity index is 403. The molecular formula is C16H21F3O. The Kier molecular flexibility index (Phi) is 4.95. The molecule has 0 amide bonds. The smallest absolute Gasteiger partial charge is 0.406 e. The Morgan fingerprint density at radius 3 is 2.05 bits per heavy atom. The first-order chi connectivity index (χ1) is 9.46. The minimum Gasteiger partial charge on any atom is -0.406 e. The topological polar surface area (TPSA) is 9.23 Å². The average molecular weight is 286 g/mol. The summed E-state index contributed by atoms with van der Waals surface area (Å²) in [5.74, 6) is 1.40. The summed E-state index contributed by atoms with van der Waals surface area (Å²) >= 11 is 0. The molecule has 1 fully saturated rings. The van der Waals surface area contributed by atoms with Gasteiger partial charge in [0.1, 0.15) is 5.75 Å². The molecule has 4 heteroatoms. The molecule has 1 nitrogen and oxygen atoms in total. The summed E-state index contributed by atoms with van der Waals surface area (Å²) in [6, 6.07) is 6.29. The lowest BCUT2D eigenvalue weighted by molar-refractivity contribution is -0.274. The van der Waals surface area contributed by atoms with Gasteiger partial charge < -0.3 is 4.74 Å². The van der Waals surface area contributed by atoms with Crippen molar-refractivity contribution in [3.63, 3.8) is 0 Å². The molecule has 1 aromatic carbocycles. The molecule has 0 heterocycles. The normalized spacial score (nSPS) is 23.6. The Morgan fingerprint density at radius 1 is 1.00 bits per heavy atom. The second kappa shape index (κ2) is 6.51. The third-order valence-electron chi connectivity index (χ3n) is 4.22. The summed E-state index contributed by atoms with van der Waals surface area (Å²) in [4.78, 5) is 0. The first-order valence-corrected chi connectivity index (χ1v) is 7.31. The van der Waals surface area contributed by atoms with Crippen molar-refractivity contribution in [2.45, 2.75) is 51.8 Å². The number of benzene rings is 1. The SMILES string of the molecule is CCC1CCC(Cc2ccc(OC(F)(F)F)cc2)CC1. The zero-order chi connectivity index (χ0) is 14.6. The standard InChI is InChI=1S/C16H21F3O/c1-2-12-3-5-13(6-4-12)11-14-7-9-15(10-8-14)20-16(17,18)19/h7-10,12-13H,2-6,11H2,1H3. The quantitative estimate of drug-likeness (QED) is 0.725. The van der Waals surface area contributed by atoms with Gasteiger partial charge in [0.25, 0.3) is 0 Å². The number of hydrogen-bond donors (Lipinski definition) is 0. The summed E-state index contributed by atoms with van der Waals surface area (Å²) in [7, 11) is 0. The van der Waals surface area contributed by atoms with Crippen LogP contribution in [0.1, 0.15) is 44.6 Å². The summed E-state index contributed by atoms with van der Waals surface area (Å²) < 4.78 is 40.1. The first-order valence-electron chi connectivity index (χ1n) is 7.31. The first kappa shape index (κ1) is 15.2. The molecule has 2 rings (SSSR count). The van der Waals surface area contributed by atoms with Gasteiger partial charge in [-0.15, -0.1) is 13.2 Å². The Labute approximate surface area is 118 Å². The highest BCUT2D eigenvalue weighted by Crippen LogP contribution is 2.33. The van der Waals surface area contributed by atoms with Crippen LogP contribution >= 0.6 is 0 Å². The zero-order valence-electron chi connectivity index (χ0n) is 11.7. The van der Waals surface area contributed by atoms with Gasteiger partial charge in [0.05, 0.1) is 0 Å². The van der Waals surface area contributed by atoms with Crippen LogP contribution in [-0.2, 0) is 6.42 Å². The van der Waals surface area contributed by atoms with E-state index in [4.69, 9.17) is 0 Å². The van der Waals surface area contributed by atoms with E-state index in [0.29, 0.717) is 5.92 Å². The maximum atomic E-state index is 12.1. The van der Waals surface area contributed by atoms with E-state index >= 15 is 0 Å². The van der Waals surface area contributed by atoms with Crippen molar-refractivity contribution in [2.24, 2.45) is 11.8 Å². The van der Waals surface area contributed by atoms with E-state index in [0.717, 1.165) is 17.9 Å². The largest absolute Gasteiger partial charge is 0.573 e. The number of ether oxygens (including phenoxy) is 1. The number of halogens is 3. The summed E-state index contributed by atoms with van der Waals surface area (Å²) in [6.45, 7) is 2.24. The third kappa shape index (κ3) is 4.73. The molecule has 0 spiro atoms. The van der Waals surface area contributed by atoms with E-state index in [2.05, 4.69) is 11.7 Å². The Hall–Kier alpha value is -1.19. The molecule has 0 radical (unpaired) electrons. The minimum atomic E-state index is -4.61. The molecule has 1 aromatic rings. The molecule has 0 atom stereocenters. The van der Waals surface area contributed by atoms with Crippen molar-refractivity contribution >= 4 is 0 Å². The monoisotopic (exact) mass is 286 g/mol. The molecule has 1 aliphatic carbocycles. The average Bonchev–Trinajstić information content (AvgIpc) is 2.40. The molecule has 0 bridgehead atoms. The van der Waals surface area contributed by atoms with Crippen molar-refractivity contribution in [1.29, 1.82) is 0 Å². The van der Waals surface area contributed by atoms with E-state index in [1.165, 1.54) is 44.2 Å². The fourth-order valence-corrected chi connectivity index (χ4v) is 3.00. The van der Waals surface area contributed by atoms with Crippen LogP contribution in [0.2, 0.25) is 0 Å². The molecule has 1 aliphatic rings. The number of hydrogen-bond acceptors (Lipinski definition) is 1. The summed E-state index contributed by atoms with van der Waals surface area (Å²) in [6.07, 6.45) is 2.66. The van der Waals surface area contributed by atoms with Crippen molar-refractivity contribution in [2.75, 3.05) is 0 Å². The number of alkyl halides is 3. The van der Waals surface area contributed by atoms with Gasteiger partial charge in [0.2, 0.25) is 0 Å². The Morgan fingerprint density at radius 2 is 1.55 bits per heavy atom. The Balaban J connectivity index is 1.85. The van der Waals surface area contributed by atoms with Crippen molar-refractivity contribution in [3.05, 3.63) is 29.8 Å². The predicted molar refractivity (Wildman–Crippen MR) is 72.6 cm³/mol. The van der Waals surface area contributed by atoms with Gasteiger partial charge in [0, 0.05) is 0 Å². The highest BCUT2D eigenvalue weighted by molar-refractivity contribution is 5.27. The van der Waals surface area contributed by atoms with Crippen LogP contribution in [0.25, 0.3) is 0 Å². The van der Waals surface area contributed by atoms with Gasteiger partial charge in [-0.3, -0.25) is 0 Å². The van der Waals surface area contributed by atoms with E-state index in [-0.39, 0.29) is 5.75 Å². The molecule has 0 unspecified atom stereocenters. The molecule has 0 saturated heterocycles. The van der Waals surface area contributed by atoms with Crippen molar-refractivity contribution in [3.8, 4) is 5.75 Å². The van der Waals surface area contributed by atoms with Crippen LogP contribution in [0.15, 0.2) is 24.3 Å². The molecule has 0 N–H and O–H groups in total. The summed E-state index contributed by atoms with van der Waals surface area (Å²) in [5, 5.41) is 0. The highest BCUT2D eigenvalue weighted by Gasteiger charge is 2.31. The van der Waals surface area contributed by atoms with Gasteiger partial charge >= 0.3 is 6.36 Å². The summed E-state index contributed by atoms with van der Waals surface area (Å²) in [5.41, 5.74) is 1.10. The minimum absolute atomic E-state index is 0.143. The van der Waals surface area contributed by atoms with Crippen LogP contribution in [0.4, 0.5) is 13.2 Å². The molecule has 0 aliphatic heterocycles. The van der Waals surface area contributed by atoms with Crippen LogP contribution < -0.4 is 4.74 Å². The second-order valence-electron chi connectivity index (χ2n) is 5.69. The maximum absolute atomic E-state index is 12.1. The van der Waals surface area contributed by atoms with E-state index in [1.807, 2.05) is 0 Å². The third-order valence-corrected chi connectivity index (χ3v) is 4.22. The fraction of sp³-hybridized carbons (Fsp3) is 0.625.